The molecule has 13 heteroatoms. The molecule has 5 N–H and O–H groups in total. The second kappa shape index (κ2) is 12.2. The van der Waals surface area contributed by atoms with Gasteiger partial charge in [-0.15, -0.1) is 0 Å². The van der Waals surface area contributed by atoms with Crippen LogP contribution in [0.15, 0.2) is 39.5 Å². The van der Waals surface area contributed by atoms with Crippen molar-refractivity contribution in [1.82, 2.24) is 0 Å². The Balaban J connectivity index is 1.73. The minimum Gasteiger partial charge on any atom is -0.481 e. The summed E-state index contributed by atoms with van der Waals surface area (Å²) in [7, 11) is -4.39. The molecule has 3 aliphatic heterocycles. The highest BCUT2D eigenvalue weighted by molar-refractivity contribution is 7.61. The summed E-state index contributed by atoms with van der Waals surface area (Å²) < 4.78 is 25.1. The van der Waals surface area contributed by atoms with Gasteiger partial charge in [0.2, 0.25) is 5.43 Å². The number of halogens is 1. The first-order valence-corrected chi connectivity index (χ1v) is 16.8. The van der Waals surface area contributed by atoms with E-state index in [0.717, 1.165) is 49.2 Å². The van der Waals surface area contributed by atoms with Crippen LogP contribution >= 0.6 is 19.2 Å². The lowest BCUT2D eigenvalue weighted by molar-refractivity contribution is -0.136. The van der Waals surface area contributed by atoms with Crippen molar-refractivity contribution in [3.63, 3.8) is 0 Å². The standard InChI is InChI=1S/C32H32ClN2O9P/c33-27-29(38)18(6-9-25(36)37)15-24-26(22-16-19(7-8-20(22)32(39)40)45(41,42)43-13-3-10-34)23-14-17-4-1-11-35-12-2-5-21(28(17)35)30(23)44-31(24)27/h7-8,14-16H,1-6,9-13,34H2,(H,36,37)(H,39,40)(H,41,42). The van der Waals surface area contributed by atoms with Gasteiger partial charge in [-0.25, -0.2) is 4.79 Å². The van der Waals surface area contributed by atoms with Crippen molar-refractivity contribution in [2.75, 3.05) is 31.1 Å². The fourth-order valence-corrected chi connectivity index (χ4v) is 7.84. The molecule has 2 aromatic carbocycles. The Morgan fingerprint density at radius 1 is 1.09 bits per heavy atom. The van der Waals surface area contributed by atoms with Gasteiger partial charge in [0, 0.05) is 52.8 Å². The molecule has 0 fully saturated rings. The molecule has 4 aliphatic rings. The molecular weight excluding hydrogens is 623 g/mol. The van der Waals surface area contributed by atoms with E-state index < -0.39 is 25.0 Å². The largest absolute Gasteiger partial charge is 0.481 e. The van der Waals surface area contributed by atoms with Gasteiger partial charge in [0.1, 0.15) is 10.6 Å². The van der Waals surface area contributed by atoms with Crippen molar-refractivity contribution in [2.24, 2.45) is 5.73 Å². The smallest absolute Gasteiger partial charge is 0.358 e. The topological polar surface area (TPSA) is 181 Å². The summed E-state index contributed by atoms with van der Waals surface area (Å²) in [6.07, 6.45) is 3.20. The highest BCUT2D eigenvalue weighted by atomic mass is 35.5. The van der Waals surface area contributed by atoms with Gasteiger partial charge in [0.25, 0.3) is 0 Å². The molecule has 45 heavy (non-hydrogen) atoms. The molecule has 0 amide bonds. The Morgan fingerprint density at radius 3 is 2.56 bits per heavy atom. The van der Waals surface area contributed by atoms with Crippen LogP contribution in [0, 0.1) is 0 Å². The van der Waals surface area contributed by atoms with Gasteiger partial charge < -0.3 is 34.7 Å². The normalized spacial score (nSPS) is 15.7. The molecule has 1 aliphatic carbocycles. The van der Waals surface area contributed by atoms with E-state index in [1.165, 1.54) is 24.3 Å². The fraction of sp³-hybridized carbons (Fsp3) is 0.344. The zero-order valence-corrected chi connectivity index (χ0v) is 26.0. The number of carbonyl (C=O) groups is 2. The van der Waals surface area contributed by atoms with E-state index in [0.29, 0.717) is 34.9 Å². The minimum absolute atomic E-state index is 0.0282. The second-order valence-corrected chi connectivity index (χ2v) is 13.6. The summed E-state index contributed by atoms with van der Waals surface area (Å²) in [6, 6.07) is 7.29. The molecule has 0 saturated carbocycles. The number of aryl methyl sites for hydroxylation is 3. The predicted octanol–water partition coefficient (Wildman–Crippen LogP) is 4.81. The highest BCUT2D eigenvalue weighted by Crippen LogP contribution is 2.50. The van der Waals surface area contributed by atoms with Crippen LogP contribution in [0.25, 0.3) is 33.4 Å². The monoisotopic (exact) mass is 654 g/mol. The van der Waals surface area contributed by atoms with E-state index >= 15 is 0 Å². The van der Waals surface area contributed by atoms with Gasteiger partial charge in [-0.05, 0) is 86.5 Å². The SMILES string of the molecule is NCCCOP(=O)(O)c1ccc(C(=O)O)c(-c2c3cc(CCC(=O)O)c(=O)c(Cl)c-3oc3c4c5c(cc23)CCCN5CCC4)c1. The number of carboxylic acids is 2. The van der Waals surface area contributed by atoms with Crippen molar-refractivity contribution in [1.29, 1.82) is 0 Å². The lowest BCUT2D eigenvalue weighted by Crippen LogP contribution is -2.34. The molecule has 236 valence electrons. The van der Waals surface area contributed by atoms with Crippen molar-refractivity contribution < 1.29 is 38.2 Å². The molecule has 1 atom stereocenters. The van der Waals surface area contributed by atoms with Gasteiger partial charge in [0.05, 0.1) is 17.5 Å². The van der Waals surface area contributed by atoms with Crippen LogP contribution in [0.1, 0.15) is 52.7 Å². The Bertz CT molecular complexity index is 1940. The first-order chi connectivity index (χ1) is 21.5. The molecule has 0 aromatic heterocycles. The van der Waals surface area contributed by atoms with Crippen molar-refractivity contribution in [3.8, 4) is 22.5 Å². The molecular formula is C32H32ClN2O9P. The Labute approximate surface area is 263 Å². The summed E-state index contributed by atoms with van der Waals surface area (Å²) in [6.45, 7) is 1.97. The number of benzene rings is 3. The van der Waals surface area contributed by atoms with E-state index in [-0.39, 0.29) is 58.8 Å². The molecule has 2 aromatic rings. The molecule has 0 spiro atoms. The van der Waals surface area contributed by atoms with Gasteiger partial charge >= 0.3 is 19.5 Å². The number of anilines is 1. The van der Waals surface area contributed by atoms with E-state index in [9.17, 15) is 34.1 Å². The average Bonchev–Trinajstić information content (AvgIpc) is 3.01. The number of rotatable bonds is 10. The van der Waals surface area contributed by atoms with Crippen LogP contribution in [0.3, 0.4) is 0 Å². The number of nitrogens with two attached hydrogens (primary N) is 1. The maximum Gasteiger partial charge on any atom is 0.358 e. The highest BCUT2D eigenvalue weighted by Gasteiger charge is 2.33. The fourth-order valence-electron chi connectivity index (χ4n) is 6.50. The van der Waals surface area contributed by atoms with E-state index in [2.05, 4.69) is 4.90 Å². The molecule has 0 bridgehead atoms. The molecule has 1 unspecified atom stereocenters. The first-order valence-electron chi connectivity index (χ1n) is 14.8. The quantitative estimate of drug-likeness (QED) is 0.105. The molecule has 11 nitrogen and oxygen atoms in total. The van der Waals surface area contributed by atoms with Crippen LogP contribution < -0.4 is 21.4 Å². The first kappa shape index (κ1) is 31.3. The van der Waals surface area contributed by atoms with Crippen molar-refractivity contribution in [3.05, 3.63) is 67.8 Å². The number of fused-ring (bicyclic) bond motifs is 3. The third-order valence-electron chi connectivity index (χ3n) is 8.52. The second-order valence-electron chi connectivity index (χ2n) is 11.4. The maximum atomic E-state index is 13.3. The zero-order valence-electron chi connectivity index (χ0n) is 24.3. The number of carboxylic acid groups (broad SMARTS) is 2. The van der Waals surface area contributed by atoms with E-state index in [1.807, 2.05) is 6.07 Å². The molecule has 0 saturated heterocycles. The van der Waals surface area contributed by atoms with Gasteiger partial charge in [-0.2, -0.15) is 0 Å². The number of hydrogen-bond acceptors (Lipinski definition) is 8. The Morgan fingerprint density at radius 2 is 1.84 bits per heavy atom. The van der Waals surface area contributed by atoms with Crippen molar-refractivity contribution >= 4 is 53.1 Å². The summed E-state index contributed by atoms with van der Waals surface area (Å²) in [5.74, 6) is -2.35. The van der Waals surface area contributed by atoms with Crippen molar-refractivity contribution in [2.45, 2.75) is 44.9 Å². The third kappa shape index (κ3) is 5.64. The predicted molar refractivity (Wildman–Crippen MR) is 170 cm³/mol. The van der Waals surface area contributed by atoms with Gasteiger partial charge in [-0.3, -0.25) is 14.2 Å². The third-order valence-corrected chi connectivity index (χ3v) is 10.3. The van der Waals surface area contributed by atoms with E-state index in [1.54, 1.807) is 0 Å². The minimum atomic E-state index is -4.39. The lowest BCUT2D eigenvalue weighted by Gasteiger charge is -2.37. The number of nitrogens with zero attached hydrogens (tertiary/aromatic N) is 1. The summed E-state index contributed by atoms with van der Waals surface area (Å²) in [5, 5.41) is 19.8. The van der Waals surface area contributed by atoms with Crippen LogP contribution in [0.2, 0.25) is 5.02 Å². The van der Waals surface area contributed by atoms with Gasteiger partial charge in [0.15, 0.2) is 5.76 Å². The number of aromatic carboxylic acids is 1. The maximum absolute atomic E-state index is 13.3. The summed E-state index contributed by atoms with van der Waals surface area (Å²) >= 11 is 6.67. The number of aliphatic carboxylic acids is 1. The number of hydrogen-bond donors (Lipinski definition) is 4. The zero-order chi connectivity index (χ0) is 32.0. The lowest BCUT2D eigenvalue weighted by atomic mass is 9.84. The van der Waals surface area contributed by atoms with Crippen LogP contribution in [-0.2, 0) is 33.1 Å². The average molecular weight is 655 g/mol. The summed E-state index contributed by atoms with van der Waals surface area (Å²) in [4.78, 5) is 50.6. The summed E-state index contributed by atoms with van der Waals surface area (Å²) in [5.41, 5.74) is 9.20. The Kier molecular flexibility index (Phi) is 8.49. The van der Waals surface area contributed by atoms with Crippen LogP contribution in [0.4, 0.5) is 5.69 Å². The van der Waals surface area contributed by atoms with Gasteiger partial charge in [-0.1, -0.05) is 11.6 Å². The Hall–Kier alpha value is -3.73. The molecule has 0 radical (unpaired) electrons. The van der Waals surface area contributed by atoms with E-state index in [4.69, 9.17) is 26.3 Å². The molecule has 6 rings (SSSR count). The van der Waals surface area contributed by atoms with Crippen LogP contribution in [0.5, 0.6) is 0 Å². The molecule has 3 heterocycles. The van der Waals surface area contributed by atoms with Crippen LogP contribution in [-0.4, -0.2) is 53.3 Å².